The van der Waals surface area contributed by atoms with E-state index >= 15 is 0 Å². The maximum Gasteiger partial charge on any atom is 0.419 e. The molecule has 0 aliphatic carbocycles. The molecule has 0 amide bonds. The predicted molar refractivity (Wildman–Crippen MR) is 56.8 cm³/mol. The maximum atomic E-state index is 12.4. The van der Waals surface area contributed by atoms with Crippen molar-refractivity contribution in [2.45, 2.75) is 38.0 Å². The second-order valence-electron chi connectivity index (χ2n) is 4.48. The zero-order valence-electron chi connectivity index (χ0n) is 9.90. The molecule has 0 saturated carbocycles. The number of carboxylic acid groups (broad SMARTS) is 1. The Morgan fingerprint density at radius 2 is 2.17 bits per heavy atom. The van der Waals surface area contributed by atoms with Gasteiger partial charge in [0.05, 0.1) is 17.8 Å². The molecule has 0 aromatic carbocycles. The number of halogens is 3. The zero-order chi connectivity index (χ0) is 14.1. The van der Waals surface area contributed by atoms with E-state index in [0.29, 0.717) is 6.20 Å². The average molecular weight is 265 g/mol. The van der Waals surface area contributed by atoms with Gasteiger partial charge in [0.1, 0.15) is 5.54 Å². The fraction of sp³-hybridized carbons (Fsp3) is 0.600. The Morgan fingerprint density at radius 1 is 1.61 bits per heavy atom. The first kappa shape index (κ1) is 14.5. The molecule has 1 aromatic rings. The van der Waals surface area contributed by atoms with Gasteiger partial charge in [0.2, 0.25) is 0 Å². The van der Waals surface area contributed by atoms with Gasteiger partial charge in [-0.15, -0.1) is 0 Å². The van der Waals surface area contributed by atoms with Crippen molar-refractivity contribution in [1.29, 1.82) is 0 Å². The van der Waals surface area contributed by atoms with Crippen molar-refractivity contribution in [1.82, 2.24) is 9.78 Å². The number of rotatable bonds is 4. The molecular weight excluding hydrogens is 251 g/mol. The Bertz CT molecular complexity index is 440. The quantitative estimate of drug-likeness (QED) is 0.867. The summed E-state index contributed by atoms with van der Waals surface area (Å²) < 4.78 is 38.1. The van der Waals surface area contributed by atoms with Crippen LogP contribution in [0.2, 0.25) is 0 Å². The molecule has 0 aliphatic rings. The molecule has 1 heterocycles. The molecular formula is C10H14F3N3O2. The van der Waals surface area contributed by atoms with E-state index in [1.807, 2.05) is 0 Å². The summed E-state index contributed by atoms with van der Waals surface area (Å²) in [5.41, 5.74) is 3.15. The third kappa shape index (κ3) is 3.22. The Balaban J connectivity index is 2.83. The van der Waals surface area contributed by atoms with Gasteiger partial charge >= 0.3 is 12.1 Å². The van der Waals surface area contributed by atoms with E-state index in [1.54, 1.807) is 6.92 Å². The summed E-state index contributed by atoms with van der Waals surface area (Å²) in [6.45, 7) is 2.86. The lowest BCUT2D eigenvalue weighted by Gasteiger charge is -2.23. The van der Waals surface area contributed by atoms with Crippen LogP contribution in [0.3, 0.4) is 0 Å². The predicted octanol–water partition coefficient (Wildman–Crippen LogP) is 1.65. The summed E-state index contributed by atoms with van der Waals surface area (Å²) in [5, 5.41) is 12.4. The molecule has 2 unspecified atom stereocenters. The van der Waals surface area contributed by atoms with E-state index in [4.69, 9.17) is 10.8 Å². The van der Waals surface area contributed by atoms with Crippen molar-refractivity contribution in [2.75, 3.05) is 0 Å². The fourth-order valence-corrected chi connectivity index (χ4v) is 1.52. The van der Waals surface area contributed by atoms with Crippen LogP contribution < -0.4 is 5.73 Å². The first-order chi connectivity index (χ1) is 8.04. The molecule has 5 nitrogen and oxygen atoms in total. The van der Waals surface area contributed by atoms with E-state index in [1.165, 1.54) is 6.92 Å². The minimum Gasteiger partial charge on any atom is -0.480 e. The number of aliphatic carboxylic acids is 1. The van der Waals surface area contributed by atoms with Gasteiger partial charge in [-0.25, -0.2) is 0 Å². The zero-order valence-corrected chi connectivity index (χ0v) is 9.90. The normalized spacial score (nSPS) is 17.2. The molecule has 0 bridgehead atoms. The lowest BCUT2D eigenvalue weighted by molar-refractivity contribution is -0.143. The minimum absolute atomic E-state index is 0.0265. The van der Waals surface area contributed by atoms with E-state index in [0.717, 1.165) is 10.9 Å². The Labute approximate surface area is 101 Å². The molecule has 0 spiro atoms. The smallest absolute Gasteiger partial charge is 0.419 e. The Morgan fingerprint density at radius 3 is 2.56 bits per heavy atom. The molecule has 3 N–H and O–H groups in total. The number of hydrogen-bond donors (Lipinski definition) is 2. The molecule has 1 aromatic heterocycles. The third-order valence-corrected chi connectivity index (χ3v) is 2.59. The van der Waals surface area contributed by atoms with Gasteiger partial charge in [0.15, 0.2) is 0 Å². The van der Waals surface area contributed by atoms with Gasteiger partial charge < -0.3 is 10.8 Å². The summed E-state index contributed by atoms with van der Waals surface area (Å²) >= 11 is 0. The lowest BCUT2D eigenvalue weighted by atomic mass is 9.95. The van der Waals surface area contributed by atoms with Crippen molar-refractivity contribution in [3.8, 4) is 0 Å². The third-order valence-electron chi connectivity index (χ3n) is 2.59. The highest BCUT2D eigenvalue weighted by Crippen LogP contribution is 2.29. The molecule has 8 heteroatoms. The molecule has 18 heavy (non-hydrogen) atoms. The first-order valence-corrected chi connectivity index (χ1v) is 5.17. The SMILES string of the molecule is CC(CC(C)(N)C(=O)O)n1cc(C(F)(F)F)cn1. The molecule has 102 valence electrons. The molecule has 0 fully saturated rings. The summed E-state index contributed by atoms with van der Waals surface area (Å²) in [7, 11) is 0. The second kappa shape index (κ2) is 4.60. The van der Waals surface area contributed by atoms with Crippen LogP contribution in [0.1, 0.15) is 31.9 Å². The van der Waals surface area contributed by atoms with Crippen molar-refractivity contribution in [2.24, 2.45) is 5.73 Å². The number of carboxylic acids is 1. The van der Waals surface area contributed by atoms with Gasteiger partial charge in [-0.3, -0.25) is 9.48 Å². The Hall–Kier alpha value is -1.57. The number of hydrogen-bond acceptors (Lipinski definition) is 3. The monoisotopic (exact) mass is 265 g/mol. The van der Waals surface area contributed by atoms with Crippen LogP contribution in [0.25, 0.3) is 0 Å². The highest BCUT2D eigenvalue weighted by molar-refractivity contribution is 5.77. The number of aromatic nitrogens is 2. The highest BCUT2D eigenvalue weighted by atomic mass is 19.4. The van der Waals surface area contributed by atoms with Crippen LogP contribution in [0, 0.1) is 0 Å². The number of alkyl halides is 3. The average Bonchev–Trinajstić information content (AvgIpc) is 2.64. The minimum atomic E-state index is -4.46. The molecule has 1 rings (SSSR count). The molecule has 2 atom stereocenters. The van der Waals surface area contributed by atoms with Crippen LogP contribution in [0.4, 0.5) is 13.2 Å². The van der Waals surface area contributed by atoms with Gasteiger partial charge in [-0.05, 0) is 20.3 Å². The number of nitrogens with two attached hydrogens (primary N) is 1. The van der Waals surface area contributed by atoms with Crippen LogP contribution in [-0.2, 0) is 11.0 Å². The molecule has 0 saturated heterocycles. The van der Waals surface area contributed by atoms with Crippen LogP contribution >= 0.6 is 0 Å². The second-order valence-corrected chi connectivity index (χ2v) is 4.48. The molecule has 0 aliphatic heterocycles. The molecule has 0 radical (unpaired) electrons. The topological polar surface area (TPSA) is 81.1 Å². The standard InChI is InChI=1S/C10H14F3N3O2/c1-6(3-9(2,14)8(17)18)16-5-7(4-15-16)10(11,12)13/h4-6H,3,14H2,1-2H3,(H,17,18). The van der Waals surface area contributed by atoms with E-state index in [2.05, 4.69) is 5.10 Å². The van der Waals surface area contributed by atoms with Crippen molar-refractivity contribution >= 4 is 5.97 Å². The van der Waals surface area contributed by atoms with Gasteiger partial charge in [0, 0.05) is 6.20 Å². The first-order valence-electron chi connectivity index (χ1n) is 5.17. The van der Waals surface area contributed by atoms with Gasteiger partial charge in [0.25, 0.3) is 0 Å². The summed E-state index contributed by atoms with van der Waals surface area (Å²) in [4.78, 5) is 10.8. The van der Waals surface area contributed by atoms with Crippen molar-refractivity contribution in [3.63, 3.8) is 0 Å². The number of nitrogens with zero attached hydrogens (tertiary/aromatic N) is 2. The van der Waals surface area contributed by atoms with Crippen LogP contribution in [0.5, 0.6) is 0 Å². The largest absolute Gasteiger partial charge is 0.480 e. The van der Waals surface area contributed by atoms with E-state index in [-0.39, 0.29) is 6.42 Å². The van der Waals surface area contributed by atoms with Crippen molar-refractivity contribution in [3.05, 3.63) is 18.0 Å². The summed E-state index contributed by atoms with van der Waals surface area (Å²) in [6.07, 6.45) is -2.95. The van der Waals surface area contributed by atoms with Gasteiger partial charge in [-0.1, -0.05) is 0 Å². The van der Waals surface area contributed by atoms with Crippen molar-refractivity contribution < 1.29 is 23.1 Å². The van der Waals surface area contributed by atoms with Gasteiger partial charge in [-0.2, -0.15) is 18.3 Å². The Kier molecular flexibility index (Phi) is 3.70. The lowest BCUT2D eigenvalue weighted by Crippen LogP contribution is -2.46. The highest BCUT2D eigenvalue weighted by Gasteiger charge is 2.34. The van der Waals surface area contributed by atoms with E-state index < -0.39 is 29.3 Å². The summed E-state index contributed by atoms with van der Waals surface area (Å²) in [5.74, 6) is -1.21. The summed E-state index contributed by atoms with van der Waals surface area (Å²) in [6, 6.07) is -0.549. The number of carbonyl (C=O) groups is 1. The van der Waals surface area contributed by atoms with Crippen LogP contribution in [0.15, 0.2) is 12.4 Å². The maximum absolute atomic E-state index is 12.4. The fourth-order valence-electron chi connectivity index (χ4n) is 1.52. The van der Waals surface area contributed by atoms with Crippen LogP contribution in [-0.4, -0.2) is 26.4 Å². The van der Waals surface area contributed by atoms with E-state index in [9.17, 15) is 18.0 Å².